The van der Waals surface area contributed by atoms with E-state index >= 15 is 0 Å². The first-order valence-corrected chi connectivity index (χ1v) is 7.18. The number of hydrogen-bond donors (Lipinski definition) is 2. The molecular weight excluding hydrogens is 283 g/mol. The molecule has 0 atom stereocenters. The average molecular weight is 295 g/mol. The summed E-state index contributed by atoms with van der Waals surface area (Å²) in [5, 5.41) is 9.34. The summed E-state index contributed by atoms with van der Waals surface area (Å²) < 4.78 is 40.3. The lowest BCUT2D eigenvalue weighted by atomic mass is 10.3. The van der Waals surface area contributed by atoms with E-state index in [0.717, 1.165) is 25.0 Å². The van der Waals surface area contributed by atoms with Crippen LogP contribution in [0.25, 0.3) is 0 Å². The number of aromatic hydroxyl groups is 1. The second-order valence-corrected chi connectivity index (χ2v) is 6.07. The van der Waals surface area contributed by atoms with Crippen molar-refractivity contribution < 1.29 is 17.9 Å². The molecule has 8 heteroatoms. The van der Waals surface area contributed by atoms with Gasteiger partial charge in [-0.2, -0.15) is 12.7 Å². The van der Waals surface area contributed by atoms with Crippen molar-refractivity contribution in [2.45, 2.75) is 12.8 Å². The van der Waals surface area contributed by atoms with Crippen LogP contribution in [0.2, 0.25) is 5.02 Å². The Morgan fingerprint density at radius 3 is 2.56 bits per heavy atom. The summed E-state index contributed by atoms with van der Waals surface area (Å²) >= 11 is 5.57. The molecule has 5 nitrogen and oxygen atoms in total. The Balaban J connectivity index is 2.28. The summed E-state index contributed by atoms with van der Waals surface area (Å²) in [5.41, 5.74) is -0.257. The molecule has 0 bridgehead atoms. The van der Waals surface area contributed by atoms with Crippen LogP contribution in [0.5, 0.6) is 5.75 Å². The van der Waals surface area contributed by atoms with Gasteiger partial charge in [0.1, 0.15) is 5.82 Å². The normalized spacial score (nSPS) is 17.0. The SMILES string of the molecule is O=S(=O)(Nc1cc(F)cc(Cl)c1O)N1CCCC1. The van der Waals surface area contributed by atoms with Gasteiger partial charge in [0.2, 0.25) is 0 Å². The van der Waals surface area contributed by atoms with Crippen molar-refractivity contribution in [1.82, 2.24) is 4.31 Å². The molecule has 0 unspecified atom stereocenters. The van der Waals surface area contributed by atoms with Crippen LogP contribution in [0.3, 0.4) is 0 Å². The van der Waals surface area contributed by atoms with Gasteiger partial charge < -0.3 is 5.11 Å². The van der Waals surface area contributed by atoms with Crippen molar-refractivity contribution in [2.75, 3.05) is 17.8 Å². The van der Waals surface area contributed by atoms with Gasteiger partial charge in [0.05, 0.1) is 10.7 Å². The Hall–Kier alpha value is -1.05. The fourth-order valence-electron chi connectivity index (χ4n) is 1.78. The van der Waals surface area contributed by atoms with E-state index in [0.29, 0.717) is 13.1 Å². The summed E-state index contributed by atoms with van der Waals surface area (Å²) in [7, 11) is -3.77. The minimum absolute atomic E-state index is 0.242. The maximum absolute atomic E-state index is 13.1. The summed E-state index contributed by atoms with van der Waals surface area (Å²) in [5.74, 6) is -1.21. The number of rotatable bonds is 3. The molecular formula is C10H12ClFN2O3S. The highest BCUT2D eigenvalue weighted by Crippen LogP contribution is 2.33. The molecule has 1 saturated heterocycles. The minimum Gasteiger partial charge on any atom is -0.504 e. The first kappa shape index (κ1) is 13.4. The molecule has 0 spiro atoms. The van der Waals surface area contributed by atoms with Gasteiger partial charge in [0.25, 0.3) is 0 Å². The lowest BCUT2D eigenvalue weighted by Crippen LogP contribution is -2.33. The Kier molecular flexibility index (Phi) is 3.65. The number of phenols is 1. The molecule has 1 fully saturated rings. The number of hydrogen-bond acceptors (Lipinski definition) is 3. The van der Waals surface area contributed by atoms with E-state index in [9.17, 15) is 17.9 Å². The number of halogens is 2. The van der Waals surface area contributed by atoms with Crippen molar-refractivity contribution in [3.8, 4) is 5.75 Å². The Morgan fingerprint density at radius 2 is 1.94 bits per heavy atom. The van der Waals surface area contributed by atoms with Crippen molar-refractivity contribution in [3.05, 3.63) is 23.0 Å². The molecule has 0 aliphatic carbocycles. The third-order valence-corrected chi connectivity index (χ3v) is 4.48. The molecule has 1 heterocycles. The lowest BCUT2D eigenvalue weighted by molar-refractivity contribution is 0.471. The Bertz CT molecular complexity index is 558. The molecule has 1 aliphatic heterocycles. The highest BCUT2D eigenvalue weighted by atomic mass is 35.5. The zero-order valence-electron chi connectivity index (χ0n) is 9.36. The van der Waals surface area contributed by atoms with Crippen LogP contribution >= 0.6 is 11.6 Å². The molecule has 100 valence electrons. The Morgan fingerprint density at radius 1 is 1.33 bits per heavy atom. The van der Waals surface area contributed by atoms with Gasteiger partial charge in [0.15, 0.2) is 5.75 Å². The number of nitrogens with one attached hydrogen (secondary N) is 1. The Labute approximate surface area is 109 Å². The van der Waals surface area contributed by atoms with Gasteiger partial charge in [-0.15, -0.1) is 0 Å². The van der Waals surface area contributed by atoms with Crippen molar-refractivity contribution >= 4 is 27.5 Å². The predicted molar refractivity (Wildman–Crippen MR) is 66.4 cm³/mol. The van der Waals surface area contributed by atoms with Gasteiger partial charge >= 0.3 is 10.2 Å². The van der Waals surface area contributed by atoms with Crippen LogP contribution in [0.4, 0.5) is 10.1 Å². The fraction of sp³-hybridized carbons (Fsp3) is 0.400. The van der Waals surface area contributed by atoms with Gasteiger partial charge in [-0.25, -0.2) is 4.39 Å². The quantitative estimate of drug-likeness (QED) is 0.837. The number of phenolic OH excluding ortho intramolecular Hbond substituents is 1. The second kappa shape index (κ2) is 4.91. The van der Waals surface area contributed by atoms with Gasteiger partial charge in [-0.3, -0.25) is 4.72 Å². The lowest BCUT2D eigenvalue weighted by Gasteiger charge is -2.17. The molecule has 2 N–H and O–H groups in total. The first-order valence-electron chi connectivity index (χ1n) is 5.36. The van der Waals surface area contributed by atoms with Crippen LogP contribution < -0.4 is 4.72 Å². The molecule has 1 aliphatic rings. The third kappa shape index (κ3) is 2.68. The monoisotopic (exact) mass is 294 g/mol. The second-order valence-electron chi connectivity index (χ2n) is 4.00. The zero-order chi connectivity index (χ0) is 13.3. The highest BCUT2D eigenvalue weighted by Gasteiger charge is 2.26. The largest absolute Gasteiger partial charge is 0.504 e. The van der Waals surface area contributed by atoms with Crippen LogP contribution in [0, 0.1) is 5.82 Å². The van der Waals surface area contributed by atoms with E-state index < -0.39 is 21.8 Å². The van der Waals surface area contributed by atoms with E-state index in [4.69, 9.17) is 11.6 Å². The number of nitrogens with zero attached hydrogens (tertiary/aromatic N) is 1. The summed E-state index contributed by atoms with van der Waals surface area (Å²) in [6.07, 6.45) is 1.58. The molecule has 1 aromatic rings. The van der Waals surface area contributed by atoms with Crippen LogP contribution in [-0.4, -0.2) is 30.9 Å². The summed E-state index contributed by atoms with van der Waals surface area (Å²) in [4.78, 5) is 0. The summed E-state index contributed by atoms with van der Waals surface area (Å²) in [6.45, 7) is 0.832. The maximum atomic E-state index is 13.1. The topological polar surface area (TPSA) is 69.6 Å². The number of anilines is 1. The van der Waals surface area contributed by atoms with Gasteiger partial charge in [-0.1, -0.05) is 11.6 Å². The van der Waals surface area contributed by atoms with Crippen LogP contribution in [-0.2, 0) is 10.2 Å². The molecule has 0 saturated carbocycles. The molecule has 2 rings (SSSR count). The number of benzene rings is 1. The smallest absolute Gasteiger partial charge is 0.301 e. The van der Waals surface area contributed by atoms with Crippen molar-refractivity contribution in [2.24, 2.45) is 0 Å². The van der Waals surface area contributed by atoms with E-state index in [2.05, 4.69) is 4.72 Å². The van der Waals surface area contributed by atoms with E-state index in [-0.39, 0.29) is 10.7 Å². The van der Waals surface area contributed by atoms with E-state index in [1.165, 1.54) is 4.31 Å². The molecule has 0 amide bonds. The van der Waals surface area contributed by atoms with Gasteiger partial charge in [0, 0.05) is 19.2 Å². The molecule has 0 aromatic heterocycles. The van der Waals surface area contributed by atoms with Crippen LogP contribution in [0.1, 0.15) is 12.8 Å². The van der Waals surface area contributed by atoms with Gasteiger partial charge in [-0.05, 0) is 18.9 Å². The maximum Gasteiger partial charge on any atom is 0.301 e. The minimum atomic E-state index is -3.77. The van der Waals surface area contributed by atoms with Crippen molar-refractivity contribution in [1.29, 1.82) is 0 Å². The fourth-order valence-corrected chi connectivity index (χ4v) is 3.28. The third-order valence-electron chi connectivity index (χ3n) is 2.67. The molecule has 1 aromatic carbocycles. The first-order chi connectivity index (χ1) is 8.40. The van der Waals surface area contributed by atoms with E-state index in [1.807, 2.05) is 0 Å². The van der Waals surface area contributed by atoms with E-state index in [1.54, 1.807) is 0 Å². The average Bonchev–Trinajstić information content (AvgIpc) is 2.78. The van der Waals surface area contributed by atoms with Crippen LogP contribution in [0.15, 0.2) is 12.1 Å². The van der Waals surface area contributed by atoms with Crippen molar-refractivity contribution in [3.63, 3.8) is 0 Å². The summed E-state index contributed by atoms with van der Waals surface area (Å²) in [6, 6.07) is 1.79. The predicted octanol–water partition coefficient (Wildman–Crippen LogP) is 1.94. The molecule has 18 heavy (non-hydrogen) atoms. The zero-order valence-corrected chi connectivity index (χ0v) is 10.9. The highest BCUT2D eigenvalue weighted by molar-refractivity contribution is 7.90. The standard InChI is InChI=1S/C10H12ClFN2O3S/c11-8-5-7(12)6-9(10(8)15)13-18(16,17)14-3-1-2-4-14/h5-6,13,15H,1-4H2. The molecule has 0 radical (unpaired) electrons.